The van der Waals surface area contributed by atoms with Crippen LogP contribution in [0.5, 0.6) is 0 Å². The van der Waals surface area contributed by atoms with Crippen LogP contribution >= 0.6 is 0 Å². The summed E-state index contributed by atoms with van der Waals surface area (Å²) >= 11 is 0. The number of hydrogen-bond donors (Lipinski definition) is 0. The molecular weight excluding hydrogens is 448 g/mol. The highest BCUT2D eigenvalue weighted by molar-refractivity contribution is 7.90. The Hall–Kier alpha value is -3.01. The fourth-order valence-electron chi connectivity index (χ4n) is 4.66. The Balaban J connectivity index is 1.45. The molecule has 0 radical (unpaired) electrons. The van der Waals surface area contributed by atoms with Crippen LogP contribution in [0.25, 0.3) is 0 Å². The van der Waals surface area contributed by atoms with Gasteiger partial charge in [0.25, 0.3) is 15.9 Å². The highest BCUT2D eigenvalue weighted by Crippen LogP contribution is 2.37. The monoisotopic (exact) mass is 474 g/mol. The van der Waals surface area contributed by atoms with Crippen LogP contribution < -0.4 is 0 Å². The van der Waals surface area contributed by atoms with Crippen molar-refractivity contribution in [1.82, 2.24) is 9.21 Å². The molecule has 33 heavy (non-hydrogen) atoms. The number of benzene rings is 1. The fraction of sp³-hybridized carbons (Fsp3) is 0.478. The van der Waals surface area contributed by atoms with E-state index in [1.165, 1.54) is 18.2 Å². The Labute approximate surface area is 192 Å². The smallest absolute Gasteiger partial charge is 0.329 e. The molecule has 1 aliphatic carbocycles. The summed E-state index contributed by atoms with van der Waals surface area (Å²) in [5.41, 5.74) is 0.0750. The lowest BCUT2D eigenvalue weighted by Gasteiger charge is -2.27. The van der Waals surface area contributed by atoms with E-state index in [0.29, 0.717) is 17.1 Å². The molecule has 0 aromatic heterocycles. The van der Waals surface area contributed by atoms with E-state index in [1.54, 1.807) is 6.07 Å². The molecule has 2 heterocycles. The zero-order chi connectivity index (χ0) is 23.9. The molecular formula is C23H26N2O7S. The molecule has 0 saturated carbocycles. The van der Waals surface area contributed by atoms with E-state index >= 15 is 0 Å². The number of nitrogens with zero attached hydrogens (tertiary/aromatic N) is 2. The average molecular weight is 475 g/mol. The number of ether oxygens (including phenoxy) is 1. The number of imide groups is 1. The van der Waals surface area contributed by atoms with Crippen molar-refractivity contribution in [3.05, 3.63) is 42.0 Å². The van der Waals surface area contributed by atoms with E-state index in [2.05, 4.69) is 0 Å². The van der Waals surface area contributed by atoms with E-state index in [4.69, 9.17) is 4.74 Å². The van der Waals surface area contributed by atoms with Crippen molar-refractivity contribution in [2.75, 3.05) is 13.2 Å². The summed E-state index contributed by atoms with van der Waals surface area (Å²) in [6.07, 6.45) is 4.90. The van der Waals surface area contributed by atoms with Crippen molar-refractivity contribution >= 4 is 33.7 Å². The molecule has 3 atom stereocenters. The van der Waals surface area contributed by atoms with Crippen molar-refractivity contribution in [1.29, 1.82) is 0 Å². The summed E-state index contributed by atoms with van der Waals surface area (Å²) in [5.74, 6) is -3.12. The summed E-state index contributed by atoms with van der Waals surface area (Å²) < 4.78 is 31.3. The average Bonchev–Trinajstić information content (AvgIpc) is 3.15. The van der Waals surface area contributed by atoms with Gasteiger partial charge < -0.3 is 4.74 Å². The number of allylic oxidation sites excluding steroid dienone is 2. The van der Waals surface area contributed by atoms with Crippen molar-refractivity contribution in [3.63, 3.8) is 0 Å². The Morgan fingerprint density at radius 2 is 1.67 bits per heavy atom. The summed E-state index contributed by atoms with van der Waals surface area (Å²) in [6.45, 7) is 3.00. The van der Waals surface area contributed by atoms with Crippen LogP contribution in [-0.2, 0) is 29.1 Å². The van der Waals surface area contributed by atoms with Gasteiger partial charge in [-0.3, -0.25) is 19.3 Å². The van der Waals surface area contributed by atoms with E-state index in [-0.39, 0.29) is 47.8 Å². The lowest BCUT2D eigenvalue weighted by molar-refractivity contribution is -0.159. The summed E-state index contributed by atoms with van der Waals surface area (Å²) in [4.78, 5) is 52.3. The molecule has 2 aliphatic heterocycles. The minimum Gasteiger partial charge on any atom is -0.462 e. The van der Waals surface area contributed by atoms with Crippen LogP contribution in [0.4, 0.5) is 0 Å². The molecule has 4 rings (SSSR count). The highest BCUT2D eigenvalue weighted by Gasteiger charge is 2.51. The second-order valence-electron chi connectivity index (χ2n) is 8.89. The molecule has 1 aromatic carbocycles. The van der Waals surface area contributed by atoms with Crippen LogP contribution in [0, 0.1) is 17.8 Å². The van der Waals surface area contributed by atoms with Gasteiger partial charge in [0.05, 0.1) is 23.9 Å². The van der Waals surface area contributed by atoms with Gasteiger partial charge in [0.1, 0.15) is 17.5 Å². The number of esters is 1. The van der Waals surface area contributed by atoms with Crippen molar-refractivity contribution in [2.24, 2.45) is 17.8 Å². The van der Waals surface area contributed by atoms with Crippen LogP contribution in [0.2, 0.25) is 0 Å². The molecule has 0 spiro atoms. The number of amides is 3. The first kappa shape index (κ1) is 23.2. The number of carbonyl (C=O) groups is 4. The maximum atomic E-state index is 13.0. The summed E-state index contributed by atoms with van der Waals surface area (Å²) in [7, 11) is -4.01. The Kier molecular flexibility index (Phi) is 6.13. The van der Waals surface area contributed by atoms with Gasteiger partial charge in [-0.2, -0.15) is 0 Å². The largest absolute Gasteiger partial charge is 0.462 e. The zero-order valence-electron chi connectivity index (χ0n) is 18.5. The van der Waals surface area contributed by atoms with Gasteiger partial charge in [0.15, 0.2) is 0 Å². The van der Waals surface area contributed by atoms with E-state index < -0.39 is 39.8 Å². The van der Waals surface area contributed by atoms with Crippen LogP contribution in [0.1, 0.15) is 43.5 Å². The lowest BCUT2D eigenvalue weighted by atomic mass is 9.85. The molecule has 176 valence electrons. The van der Waals surface area contributed by atoms with Gasteiger partial charge in [0, 0.05) is 0 Å². The molecule has 1 saturated heterocycles. The number of fused-ring (bicyclic) bond motifs is 2. The van der Waals surface area contributed by atoms with Gasteiger partial charge in [-0.15, -0.1) is 0 Å². The van der Waals surface area contributed by atoms with E-state index in [9.17, 15) is 27.6 Å². The van der Waals surface area contributed by atoms with Crippen LogP contribution in [0.3, 0.4) is 0 Å². The number of likely N-dealkylation sites (tertiary alicyclic amines) is 1. The normalized spacial score (nSPS) is 24.3. The number of rotatable bonds is 7. The second kappa shape index (κ2) is 8.74. The van der Waals surface area contributed by atoms with Gasteiger partial charge in [-0.1, -0.05) is 38.1 Å². The van der Waals surface area contributed by atoms with Gasteiger partial charge in [-0.05, 0) is 37.3 Å². The number of carbonyl (C=O) groups excluding carboxylic acids is 4. The maximum Gasteiger partial charge on any atom is 0.329 e. The zero-order valence-corrected chi connectivity index (χ0v) is 19.3. The summed E-state index contributed by atoms with van der Waals surface area (Å²) in [6, 6.07) is 4.80. The standard InChI is InChI=1S/C23H26N2O7S/c1-14(2)13-18(25-21(27)15-7-3-4-8-16(15)22(25)28)23(29)32-12-11-24-20(26)17-9-5-6-10-19(17)33(24,30)31/h3-6,9-10,14-16,18H,7-8,11-13H2,1-2H3. The maximum absolute atomic E-state index is 13.0. The predicted molar refractivity (Wildman–Crippen MR) is 116 cm³/mol. The van der Waals surface area contributed by atoms with E-state index in [0.717, 1.165) is 4.90 Å². The van der Waals surface area contributed by atoms with Crippen molar-refractivity contribution in [2.45, 2.75) is 44.0 Å². The molecule has 3 amide bonds. The summed E-state index contributed by atoms with van der Waals surface area (Å²) in [5, 5.41) is 0. The third-order valence-corrected chi connectivity index (χ3v) is 8.11. The molecule has 0 N–H and O–H groups in total. The molecule has 1 aromatic rings. The van der Waals surface area contributed by atoms with Crippen molar-refractivity contribution in [3.8, 4) is 0 Å². The fourth-order valence-corrected chi connectivity index (χ4v) is 6.22. The molecule has 10 heteroatoms. The minimum atomic E-state index is -4.01. The molecule has 1 fully saturated rings. The molecule has 3 unspecified atom stereocenters. The topological polar surface area (TPSA) is 118 Å². The Morgan fingerprint density at radius 1 is 1.06 bits per heavy atom. The lowest BCUT2D eigenvalue weighted by Crippen LogP contribution is -2.47. The molecule has 9 nitrogen and oxygen atoms in total. The quantitative estimate of drug-likeness (QED) is 0.336. The molecule has 3 aliphatic rings. The first-order valence-electron chi connectivity index (χ1n) is 11.0. The predicted octanol–water partition coefficient (Wildman–Crippen LogP) is 1.74. The third-order valence-electron chi connectivity index (χ3n) is 6.27. The first-order chi connectivity index (χ1) is 15.6. The minimum absolute atomic E-state index is 0.000982. The van der Waals surface area contributed by atoms with Crippen molar-refractivity contribution < 1.29 is 32.3 Å². The van der Waals surface area contributed by atoms with Gasteiger partial charge in [-0.25, -0.2) is 17.5 Å². The SMILES string of the molecule is CC(C)CC(C(=O)OCCN1C(=O)c2ccccc2S1(=O)=O)N1C(=O)C2CC=CCC2C1=O. The first-order valence-corrected chi connectivity index (χ1v) is 12.4. The number of sulfonamides is 1. The third kappa shape index (κ3) is 3.96. The Morgan fingerprint density at radius 3 is 2.24 bits per heavy atom. The van der Waals surface area contributed by atoms with Crippen LogP contribution in [0.15, 0.2) is 41.3 Å². The van der Waals surface area contributed by atoms with Gasteiger partial charge in [0.2, 0.25) is 11.8 Å². The Bertz CT molecular complexity index is 1120. The van der Waals surface area contributed by atoms with E-state index in [1.807, 2.05) is 26.0 Å². The van der Waals surface area contributed by atoms with Gasteiger partial charge >= 0.3 is 5.97 Å². The number of hydrogen-bond acceptors (Lipinski definition) is 7. The molecule has 0 bridgehead atoms. The highest BCUT2D eigenvalue weighted by atomic mass is 32.2. The van der Waals surface area contributed by atoms with Crippen LogP contribution in [-0.4, -0.2) is 60.5 Å². The second-order valence-corrected chi connectivity index (χ2v) is 10.7.